The van der Waals surface area contributed by atoms with E-state index in [0.717, 1.165) is 16.9 Å². The summed E-state index contributed by atoms with van der Waals surface area (Å²) in [6.07, 6.45) is 1.91. The van der Waals surface area contributed by atoms with E-state index in [1.54, 1.807) is 18.3 Å². The van der Waals surface area contributed by atoms with Crippen molar-refractivity contribution in [2.45, 2.75) is 25.4 Å². The number of pyridine rings is 1. The molecule has 0 spiro atoms. The fraction of sp³-hybridized carbons (Fsp3) is 0.207. The van der Waals surface area contributed by atoms with Crippen molar-refractivity contribution in [1.82, 2.24) is 15.2 Å². The Morgan fingerprint density at radius 3 is 2.70 bits per heavy atom. The van der Waals surface area contributed by atoms with Gasteiger partial charge in [0.1, 0.15) is 23.3 Å². The molecule has 1 aliphatic heterocycles. The molecule has 0 aliphatic carbocycles. The fourth-order valence-electron chi connectivity index (χ4n) is 4.76. The van der Waals surface area contributed by atoms with Gasteiger partial charge in [-0.1, -0.05) is 24.3 Å². The number of nitro benzene ring substituents is 1. The zero-order chi connectivity index (χ0) is 28.2. The molecule has 0 bridgehead atoms. The summed E-state index contributed by atoms with van der Waals surface area (Å²) in [4.78, 5) is 30.1. The summed E-state index contributed by atoms with van der Waals surface area (Å²) in [5.74, 6) is 1.27. The molecule has 1 aliphatic rings. The number of anilines is 1. The predicted octanol–water partition coefficient (Wildman–Crippen LogP) is 5.57. The number of para-hydroxylation sites is 1. The third kappa shape index (κ3) is 5.50. The average Bonchev–Trinajstić information content (AvgIpc) is 3.57. The van der Waals surface area contributed by atoms with Crippen LogP contribution in [0.2, 0.25) is 0 Å². The summed E-state index contributed by atoms with van der Waals surface area (Å²) in [6, 6.07) is 20.5. The Bertz CT molecular complexity index is 1560. The molecule has 10 nitrogen and oxygen atoms in total. The molecule has 1 fully saturated rings. The van der Waals surface area contributed by atoms with Crippen molar-refractivity contribution >= 4 is 34.6 Å². The molecule has 40 heavy (non-hydrogen) atoms. The van der Waals surface area contributed by atoms with Crippen LogP contribution in [-0.2, 0) is 4.79 Å². The lowest BCUT2D eigenvalue weighted by molar-refractivity contribution is -0.384. The van der Waals surface area contributed by atoms with Crippen LogP contribution < -0.4 is 15.4 Å². The number of nitrogens with zero attached hydrogens (tertiary/aromatic N) is 3. The molecule has 0 radical (unpaired) electrons. The van der Waals surface area contributed by atoms with Crippen LogP contribution in [0.1, 0.15) is 35.5 Å². The maximum Gasteiger partial charge on any atom is 0.273 e. The number of rotatable bonds is 9. The van der Waals surface area contributed by atoms with Crippen LogP contribution in [0.25, 0.3) is 11.3 Å². The minimum Gasteiger partial charge on any atom is -0.496 e. The predicted molar refractivity (Wildman–Crippen MR) is 154 cm³/mol. The maximum absolute atomic E-state index is 12.9. The van der Waals surface area contributed by atoms with E-state index < -0.39 is 11.0 Å². The van der Waals surface area contributed by atoms with Crippen LogP contribution in [0.15, 0.2) is 83.4 Å². The van der Waals surface area contributed by atoms with Gasteiger partial charge in [0.15, 0.2) is 5.11 Å². The summed E-state index contributed by atoms with van der Waals surface area (Å²) in [6.45, 7) is 2.28. The smallest absolute Gasteiger partial charge is 0.273 e. The number of thiocarbonyl (C=S) groups is 1. The van der Waals surface area contributed by atoms with Crippen molar-refractivity contribution in [2.24, 2.45) is 0 Å². The first kappa shape index (κ1) is 26.8. The number of methoxy groups -OCH3 is 1. The number of aromatic nitrogens is 1. The summed E-state index contributed by atoms with van der Waals surface area (Å²) < 4.78 is 11.7. The highest BCUT2D eigenvalue weighted by atomic mass is 32.1. The molecule has 204 valence electrons. The molecule has 2 aromatic heterocycles. The van der Waals surface area contributed by atoms with E-state index in [1.165, 1.54) is 19.2 Å². The van der Waals surface area contributed by atoms with Gasteiger partial charge in [-0.05, 0) is 61.1 Å². The number of benzene rings is 2. The van der Waals surface area contributed by atoms with Crippen LogP contribution >= 0.6 is 12.2 Å². The number of non-ortho nitro benzene ring substituents is 1. The molecule has 1 amide bonds. The Morgan fingerprint density at radius 2 is 1.98 bits per heavy atom. The first-order valence-electron chi connectivity index (χ1n) is 12.6. The van der Waals surface area contributed by atoms with Gasteiger partial charge in [0.25, 0.3) is 5.69 Å². The lowest BCUT2D eigenvalue weighted by Gasteiger charge is -2.26. The second-order valence-corrected chi connectivity index (χ2v) is 9.66. The Hall–Kier alpha value is -4.77. The highest BCUT2D eigenvalue weighted by Crippen LogP contribution is 2.42. The molecule has 0 saturated carbocycles. The van der Waals surface area contributed by atoms with E-state index in [1.807, 2.05) is 60.4 Å². The molecular formula is C29H27N5O5S. The van der Waals surface area contributed by atoms with Crippen LogP contribution in [0, 0.1) is 17.0 Å². The van der Waals surface area contributed by atoms with Crippen LogP contribution in [-0.4, -0.2) is 39.5 Å². The third-order valence-electron chi connectivity index (χ3n) is 6.78. The molecule has 2 atom stereocenters. The summed E-state index contributed by atoms with van der Waals surface area (Å²) in [7, 11) is 1.45. The molecule has 5 rings (SSSR count). The Balaban J connectivity index is 1.43. The number of nitrogens with one attached hydrogen (secondary N) is 2. The third-order valence-corrected chi connectivity index (χ3v) is 7.13. The van der Waals surface area contributed by atoms with Crippen molar-refractivity contribution in [3.63, 3.8) is 0 Å². The number of furan rings is 1. The van der Waals surface area contributed by atoms with Gasteiger partial charge in [-0.15, -0.1) is 0 Å². The second-order valence-electron chi connectivity index (χ2n) is 9.28. The molecular weight excluding hydrogens is 530 g/mol. The normalized spacial score (nSPS) is 16.4. The molecule has 3 heterocycles. The molecule has 4 aromatic rings. The SMILES string of the molecule is COc1cc([N+](=O)[O-])ccc1-c1ccc([C@@H]2[C@@H](c3ccccn3)NC(=S)N2CCC(=O)Nc2ccccc2C)o1. The monoisotopic (exact) mass is 557 g/mol. The Morgan fingerprint density at radius 1 is 1.18 bits per heavy atom. The fourth-order valence-corrected chi connectivity index (χ4v) is 5.09. The number of hydrogen-bond acceptors (Lipinski definition) is 7. The average molecular weight is 558 g/mol. The summed E-state index contributed by atoms with van der Waals surface area (Å²) in [5, 5.41) is 18.0. The topological polar surface area (TPSA) is 123 Å². The van der Waals surface area contributed by atoms with Crippen molar-refractivity contribution in [2.75, 3.05) is 19.0 Å². The quantitative estimate of drug-likeness (QED) is 0.154. The first-order valence-corrected chi connectivity index (χ1v) is 13.0. The van der Waals surface area contributed by atoms with Crippen LogP contribution in [0.3, 0.4) is 0 Å². The second kappa shape index (κ2) is 11.5. The summed E-state index contributed by atoms with van der Waals surface area (Å²) >= 11 is 5.71. The number of hydrogen-bond donors (Lipinski definition) is 2. The number of nitro groups is 1. The lowest BCUT2D eigenvalue weighted by atomic mass is 10.0. The zero-order valence-electron chi connectivity index (χ0n) is 21.9. The van der Waals surface area contributed by atoms with Crippen LogP contribution in [0.4, 0.5) is 11.4 Å². The molecule has 11 heteroatoms. The number of ether oxygens (including phenoxy) is 1. The van der Waals surface area contributed by atoms with Gasteiger partial charge in [-0.2, -0.15) is 0 Å². The number of carbonyl (C=O) groups is 1. The van der Waals surface area contributed by atoms with Crippen molar-refractivity contribution in [3.8, 4) is 17.1 Å². The van der Waals surface area contributed by atoms with Gasteiger partial charge in [-0.3, -0.25) is 19.9 Å². The molecule has 2 aromatic carbocycles. The zero-order valence-corrected chi connectivity index (χ0v) is 22.7. The molecule has 1 saturated heterocycles. The minimum atomic E-state index is -0.477. The largest absolute Gasteiger partial charge is 0.496 e. The van der Waals surface area contributed by atoms with Gasteiger partial charge in [0.2, 0.25) is 5.91 Å². The van der Waals surface area contributed by atoms with Gasteiger partial charge in [0.05, 0.1) is 35.4 Å². The van der Waals surface area contributed by atoms with Crippen molar-refractivity contribution in [1.29, 1.82) is 0 Å². The maximum atomic E-state index is 12.9. The highest BCUT2D eigenvalue weighted by molar-refractivity contribution is 7.80. The van der Waals surface area contributed by atoms with Crippen LogP contribution in [0.5, 0.6) is 5.75 Å². The standard InChI is InChI=1S/C29H27N5O5S/c1-18-7-3-4-8-21(18)31-26(35)14-16-33-28(27(32-29(33)40)22-9-5-6-15-30-22)24-13-12-23(39-24)20-11-10-19(34(36)37)17-25(20)38-2/h3-13,15,17,27-28H,14,16H2,1-2H3,(H,31,35)(H,32,40)/t27-,28-/m1/s1. The lowest BCUT2D eigenvalue weighted by Crippen LogP contribution is -2.32. The van der Waals surface area contributed by atoms with Gasteiger partial charge < -0.3 is 24.7 Å². The van der Waals surface area contributed by atoms with Gasteiger partial charge in [-0.25, -0.2) is 0 Å². The minimum absolute atomic E-state index is 0.0805. The molecule has 2 N–H and O–H groups in total. The van der Waals surface area contributed by atoms with E-state index in [0.29, 0.717) is 34.5 Å². The Kier molecular flexibility index (Phi) is 7.74. The Labute approximate surface area is 236 Å². The number of aryl methyl sites for hydroxylation is 1. The molecule has 0 unspecified atom stereocenters. The van der Waals surface area contributed by atoms with Crippen molar-refractivity contribution < 1.29 is 18.9 Å². The summed E-state index contributed by atoms with van der Waals surface area (Å²) in [5.41, 5.74) is 3.01. The van der Waals surface area contributed by atoms with E-state index >= 15 is 0 Å². The van der Waals surface area contributed by atoms with Gasteiger partial charge >= 0.3 is 0 Å². The van der Waals surface area contributed by atoms with Crippen molar-refractivity contribution in [3.05, 3.63) is 106 Å². The van der Waals surface area contributed by atoms with E-state index in [4.69, 9.17) is 21.4 Å². The van der Waals surface area contributed by atoms with E-state index in [2.05, 4.69) is 15.6 Å². The first-order chi connectivity index (χ1) is 19.4. The number of carbonyl (C=O) groups excluding carboxylic acids is 1. The van der Waals surface area contributed by atoms with E-state index in [9.17, 15) is 14.9 Å². The van der Waals surface area contributed by atoms with E-state index in [-0.39, 0.29) is 24.1 Å². The highest BCUT2D eigenvalue weighted by Gasteiger charge is 2.41. The van der Waals surface area contributed by atoms with Gasteiger partial charge in [0, 0.05) is 30.9 Å². The number of amides is 1.